The van der Waals surface area contributed by atoms with Crippen molar-refractivity contribution in [3.8, 4) is 0 Å². The number of piperidine rings is 1. The monoisotopic (exact) mass is 313 g/mol. The van der Waals surface area contributed by atoms with E-state index in [1.54, 1.807) is 6.07 Å². The van der Waals surface area contributed by atoms with E-state index < -0.39 is 0 Å². The van der Waals surface area contributed by atoms with Gasteiger partial charge in [0.2, 0.25) is 0 Å². The summed E-state index contributed by atoms with van der Waals surface area (Å²) >= 11 is 0. The SMILES string of the molecule is Cc1cc([C@H]2CCCN(Cc3nc4c(F)cccc4[nH]3)C2)n[nH]1. The van der Waals surface area contributed by atoms with Gasteiger partial charge in [-0.1, -0.05) is 6.07 Å². The molecular formula is C17H20FN5. The number of aromatic amines is 2. The van der Waals surface area contributed by atoms with Gasteiger partial charge in [-0.05, 0) is 44.5 Å². The van der Waals surface area contributed by atoms with Gasteiger partial charge in [-0.25, -0.2) is 9.37 Å². The van der Waals surface area contributed by atoms with E-state index in [9.17, 15) is 4.39 Å². The van der Waals surface area contributed by atoms with Gasteiger partial charge in [0, 0.05) is 18.2 Å². The van der Waals surface area contributed by atoms with Crippen LogP contribution in [0.15, 0.2) is 24.3 Å². The maximum atomic E-state index is 13.8. The Balaban J connectivity index is 1.50. The number of aryl methyl sites for hydroxylation is 1. The molecule has 0 unspecified atom stereocenters. The number of hydrogen-bond acceptors (Lipinski definition) is 3. The lowest BCUT2D eigenvalue weighted by Crippen LogP contribution is -2.34. The van der Waals surface area contributed by atoms with Crippen LogP contribution in [0, 0.1) is 12.7 Å². The number of likely N-dealkylation sites (tertiary alicyclic amines) is 1. The first kappa shape index (κ1) is 14.4. The molecule has 1 aliphatic heterocycles. The summed E-state index contributed by atoms with van der Waals surface area (Å²) in [5, 5.41) is 7.43. The molecule has 23 heavy (non-hydrogen) atoms. The van der Waals surface area contributed by atoms with Gasteiger partial charge in [-0.15, -0.1) is 0 Å². The van der Waals surface area contributed by atoms with E-state index in [0.29, 0.717) is 18.0 Å². The highest BCUT2D eigenvalue weighted by Gasteiger charge is 2.24. The number of imidazole rings is 1. The molecule has 0 radical (unpaired) electrons. The van der Waals surface area contributed by atoms with Gasteiger partial charge in [0.05, 0.1) is 17.8 Å². The zero-order valence-corrected chi connectivity index (χ0v) is 13.1. The van der Waals surface area contributed by atoms with Crippen LogP contribution >= 0.6 is 0 Å². The summed E-state index contributed by atoms with van der Waals surface area (Å²) in [6, 6.07) is 7.14. The Kier molecular flexibility index (Phi) is 3.61. The highest BCUT2D eigenvalue weighted by Crippen LogP contribution is 2.27. The summed E-state index contributed by atoms with van der Waals surface area (Å²) in [5.41, 5.74) is 3.43. The van der Waals surface area contributed by atoms with Crippen molar-refractivity contribution in [2.45, 2.75) is 32.2 Å². The van der Waals surface area contributed by atoms with E-state index in [-0.39, 0.29) is 5.82 Å². The molecule has 0 aliphatic carbocycles. The average Bonchev–Trinajstić information content (AvgIpc) is 3.14. The molecule has 3 heterocycles. The first-order valence-electron chi connectivity index (χ1n) is 8.06. The van der Waals surface area contributed by atoms with Crippen LogP contribution < -0.4 is 0 Å². The zero-order chi connectivity index (χ0) is 15.8. The predicted octanol–water partition coefficient (Wildman–Crippen LogP) is 3.11. The van der Waals surface area contributed by atoms with Crippen molar-refractivity contribution in [3.63, 3.8) is 0 Å². The zero-order valence-electron chi connectivity index (χ0n) is 13.1. The molecule has 4 rings (SSSR count). The fraction of sp³-hybridized carbons (Fsp3) is 0.412. The number of benzene rings is 1. The second kappa shape index (κ2) is 5.77. The number of para-hydroxylation sites is 1. The van der Waals surface area contributed by atoms with Crippen LogP contribution in [0.1, 0.15) is 36.0 Å². The Morgan fingerprint density at radius 3 is 3.09 bits per heavy atom. The van der Waals surface area contributed by atoms with Gasteiger partial charge in [0.1, 0.15) is 11.3 Å². The molecular weight excluding hydrogens is 293 g/mol. The summed E-state index contributed by atoms with van der Waals surface area (Å²) < 4.78 is 13.8. The first-order chi connectivity index (χ1) is 11.2. The molecule has 5 nitrogen and oxygen atoms in total. The molecule has 0 bridgehead atoms. The lowest BCUT2D eigenvalue weighted by molar-refractivity contribution is 0.195. The third-order valence-electron chi connectivity index (χ3n) is 4.54. The highest BCUT2D eigenvalue weighted by atomic mass is 19.1. The van der Waals surface area contributed by atoms with E-state index >= 15 is 0 Å². The Morgan fingerprint density at radius 2 is 2.30 bits per heavy atom. The minimum absolute atomic E-state index is 0.270. The molecule has 2 N–H and O–H groups in total. The third kappa shape index (κ3) is 2.86. The number of nitrogens with zero attached hydrogens (tertiary/aromatic N) is 3. The van der Waals surface area contributed by atoms with Crippen molar-refractivity contribution in [2.75, 3.05) is 13.1 Å². The van der Waals surface area contributed by atoms with Crippen molar-refractivity contribution in [2.24, 2.45) is 0 Å². The summed E-state index contributed by atoms with van der Waals surface area (Å²) in [5.74, 6) is 1.01. The van der Waals surface area contributed by atoms with E-state index in [2.05, 4.69) is 31.1 Å². The van der Waals surface area contributed by atoms with Crippen LogP contribution in [0.4, 0.5) is 4.39 Å². The van der Waals surface area contributed by atoms with Crippen molar-refractivity contribution < 1.29 is 4.39 Å². The summed E-state index contributed by atoms with van der Waals surface area (Å²) in [4.78, 5) is 10.0. The number of nitrogens with one attached hydrogen (secondary N) is 2. The topological polar surface area (TPSA) is 60.6 Å². The fourth-order valence-corrected chi connectivity index (χ4v) is 3.42. The maximum absolute atomic E-state index is 13.8. The van der Waals surface area contributed by atoms with Crippen molar-refractivity contribution in [1.29, 1.82) is 0 Å². The van der Waals surface area contributed by atoms with Crippen molar-refractivity contribution in [3.05, 3.63) is 47.3 Å². The lowest BCUT2D eigenvalue weighted by Gasteiger charge is -2.31. The predicted molar refractivity (Wildman–Crippen MR) is 86.6 cm³/mol. The van der Waals surface area contributed by atoms with E-state index in [1.807, 2.05) is 13.0 Å². The normalized spacial score (nSPS) is 19.5. The fourth-order valence-electron chi connectivity index (χ4n) is 3.42. The van der Waals surface area contributed by atoms with Gasteiger partial charge in [-0.3, -0.25) is 10.00 Å². The Labute approximate surface area is 133 Å². The van der Waals surface area contributed by atoms with Gasteiger partial charge in [0.25, 0.3) is 0 Å². The molecule has 1 saturated heterocycles. The quantitative estimate of drug-likeness (QED) is 0.781. The Morgan fingerprint density at radius 1 is 1.39 bits per heavy atom. The number of aromatic nitrogens is 4. The van der Waals surface area contributed by atoms with Gasteiger partial charge in [0.15, 0.2) is 5.82 Å². The summed E-state index contributed by atoms with van der Waals surface area (Å²) in [7, 11) is 0. The molecule has 0 spiro atoms. The first-order valence-corrected chi connectivity index (χ1v) is 8.06. The number of rotatable bonds is 3. The lowest BCUT2D eigenvalue weighted by atomic mass is 9.94. The van der Waals surface area contributed by atoms with E-state index in [4.69, 9.17) is 0 Å². The third-order valence-corrected chi connectivity index (χ3v) is 4.54. The minimum atomic E-state index is -0.270. The molecule has 1 fully saturated rings. The molecule has 6 heteroatoms. The van der Waals surface area contributed by atoms with Crippen LogP contribution in [-0.2, 0) is 6.54 Å². The Bertz CT molecular complexity index is 821. The van der Waals surface area contributed by atoms with Gasteiger partial charge >= 0.3 is 0 Å². The molecule has 2 aromatic heterocycles. The number of fused-ring (bicyclic) bond motifs is 1. The van der Waals surface area contributed by atoms with Crippen molar-refractivity contribution >= 4 is 11.0 Å². The second-order valence-electron chi connectivity index (χ2n) is 6.37. The standard InChI is InChI=1S/C17H20FN5/c1-11-8-15(22-21-11)12-4-3-7-23(9-12)10-16-19-14-6-2-5-13(18)17(14)20-16/h2,5-6,8,12H,3-4,7,9-10H2,1H3,(H,19,20)(H,21,22)/t12-/m0/s1. The molecule has 120 valence electrons. The molecule has 1 aromatic carbocycles. The number of halogens is 1. The van der Waals surface area contributed by atoms with Gasteiger partial charge in [-0.2, -0.15) is 5.10 Å². The molecule has 1 atom stereocenters. The van der Waals surface area contributed by atoms with Crippen LogP contribution in [-0.4, -0.2) is 38.2 Å². The van der Waals surface area contributed by atoms with E-state index in [1.165, 1.54) is 6.07 Å². The largest absolute Gasteiger partial charge is 0.341 e. The summed E-state index contributed by atoms with van der Waals surface area (Å²) in [6.45, 7) is 4.75. The molecule has 3 aromatic rings. The molecule has 0 saturated carbocycles. The van der Waals surface area contributed by atoms with Crippen LogP contribution in [0.2, 0.25) is 0 Å². The smallest absolute Gasteiger partial charge is 0.151 e. The highest BCUT2D eigenvalue weighted by molar-refractivity contribution is 5.75. The van der Waals surface area contributed by atoms with E-state index in [0.717, 1.165) is 48.7 Å². The second-order valence-corrected chi connectivity index (χ2v) is 6.37. The van der Waals surface area contributed by atoms with Gasteiger partial charge < -0.3 is 4.98 Å². The number of hydrogen-bond donors (Lipinski definition) is 2. The van der Waals surface area contributed by atoms with Crippen molar-refractivity contribution in [1.82, 2.24) is 25.1 Å². The van der Waals surface area contributed by atoms with Crippen LogP contribution in [0.25, 0.3) is 11.0 Å². The summed E-state index contributed by atoms with van der Waals surface area (Å²) in [6.07, 6.45) is 2.31. The molecule has 1 aliphatic rings. The van der Waals surface area contributed by atoms with Crippen LogP contribution in [0.5, 0.6) is 0 Å². The Hall–Kier alpha value is -2.21. The average molecular weight is 313 g/mol. The maximum Gasteiger partial charge on any atom is 0.151 e. The van der Waals surface area contributed by atoms with Crippen LogP contribution in [0.3, 0.4) is 0 Å². The minimum Gasteiger partial charge on any atom is -0.341 e. The molecule has 0 amide bonds. The number of H-pyrrole nitrogens is 2.